The van der Waals surface area contributed by atoms with Crippen LogP contribution in [0.4, 0.5) is 5.69 Å². The number of aryl methyl sites for hydroxylation is 2. The SMILES string of the molecule is CCc1cc(CCC2CCCNC2)ccc1N(C)C. The van der Waals surface area contributed by atoms with E-state index in [2.05, 4.69) is 49.4 Å². The van der Waals surface area contributed by atoms with Crippen molar-refractivity contribution >= 4 is 5.69 Å². The molecule has 0 aliphatic carbocycles. The van der Waals surface area contributed by atoms with E-state index in [9.17, 15) is 0 Å². The number of rotatable bonds is 5. The Morgan fingerprint density at radius 1 is 1.32 bits per heavy atom. The van der Waals surface area contributed by atoms with Gasteiger partial charge in [-0.25, -0.2) is 0 Å². The van der Waals surface area contributed by atoms with Crippen LogP contribution in [-0.4, -0.2) is 27.2 Å². The average molecular weight is 260 g/mol. The number of hydrogen-bond donors (Lipinski definition) is 1. The van der Waals surface area contributed by atoms with E-state index in [0.717, 1.165) is 12.3 Å². The minimum Gasteiger partial charge on any atom is -0.377 e. The molecule has 19 heavy (non-hydrogen) atoms. The van der Waals surface area contributed by atoms with Gasteiger partial charge in [0.15, 0.2) is 0 Å². The molecule has 1 heterocycles. The summed E-state index contributed by atoms with van der Waals surface area (Å²) in [5.41, 5.74) is 4.35. The van der Waals surface area contributed by atoms with Crippen LogP contribution in [0.2, 0.25) is 0 Å². The molecule has 2 rings (SSSR count). The zero-order valence-corrected chi connectivity index (χ0v) is 12.7. The number of nitrogens with one attached hydrogen (secondary N) is 1. The van der Waals surface area contributed by atoms with Gasteiger partial charge < -0.3 is 10.2 Å². The van der Waals surface area contributed by atoms with Gasteiger partial charge in [0.05, 0.1) is 0 Å². The monoisotopic (exact) mass is 260 g/mol. The summed E-state index contributed by atoms with van der Waals surface area (Å²) in [5, 5.41) is 3.51. The van der Waals surface area contributed by atoms with Crippen LogP contribution in [0, 0.1) is 5.92 Å². The van der Waals surface area contributed by atoms with Gasteiger partial charge in [-0.15, -0.1) is 0 Å². The van der Waals surface area contributed by atoms with E-state index < -0.39 is 0 Å². The average Bonchev–Trinajstić information content (AvgIpc) is 2.45. The third-order valence-corrected chi connectivity index (χ3v) is 4.25. The van der Waals surface area contributed by atoms with Crippen molar-refractivity contribution in [3.63, 3.8) is 0 Å². The predicted octanol–water partition coefficient (Wildman–Crippen LogP) is 3.25. The van der Waals surface area contributed by atoms with Crippen molar-refractivity contribution in [2.75, 3.05) is 32.1 Å². The Morgan fingerprint density at radius 3 is 2.79 bits per heavy atom. The molecule has 1 N–H and O–H groups in total. The van der Waals surface area contributed by atoms with Crippen molar-refractivity contribution in [2.24, 2.45) is 5.92 Å². The fourth-order valence-corrected chi connectivity index (χ4v) is 3.06. The van der Waals surface area contributed by atoms with Crippen LogP contribution >= 0.6 is 0 Å². The molecule has 0 amide bonds. The van der Waals surface area contributed by atoms with E-state index in [1.165, 1.54) is 55.6 Å². The summed E-state index contributed by atoms with van der Waals surface area (Å²) >= 11 is 0. The van der Waals surface area contributed by atoms with Crippen molar-refractivity contribution in [1.82, 2.24) is 5.32 Å². The molecule has 1 atom stereocenters. The van der Waals surface area contributed by atoms with Crippen molar-refractivity contribution in [3.8, 4) is 0 Å². The van der Waals surface area contributed by atoms with Crippen LogP contribution in [0.25, 0.3) is 0 Å². The summed E-state index contributed by atoms with van der Waals surface area (Å²) in [4.78, 5) is 2.22. The maximum Gasteiger partial charge on any atom is 0.0393 e. The van der Waals surface area contributed by atoms with E-state index in [1.807, 2.05) is 0 Å². The van der Waals surface area contributed by atoms with Crippen LogP contribution in [-0.2, 0) is 12.8 Å². The van der Waals surface area contributed by atoms with Crippen LogP contribution in [0.5, 0.6) is 0 Å². The van der Waals surface area contributed by atoms with Gasteiger partial charge in [-0.3, -0.25) is 0 Å². The van der Waals surface area contributed by atoms with Gasteiger partial charge in [0.25, 0.3) is 0 Å². The second-order valence-corrected chi connectivity index (χ2v) is 5.96. The zero-order valence-electron chi connectivity index (χ0n) is 12.7. The number of piperidine rings is 1. The van der Waals surface area contributed by atoms with Gasteiger partial charge in [0.2, 0.25) is 0 Å². The fraction of sp³-hybridized carbons (Fsp3) is 0.647. The maximum atomic E-state index is 3.51. The second kappa shape index (κ2) is 6.95. The molecule has 0 spiro atoms. The lowest BCUT2D eigenvalue weighted by Gasteiger charge is -2.23. The van der Waals surface area contributed by atoms with E-state index in [-0.39, 0.29) is 0 Å². The summed E-state index contributed by atoms with van der Waals surface area (Å²) in [7, 11) is 4.25. The Bertz CT molecular complexity index is 392. The number of hydrogen-bond acceptors (Lipinski definition) is 2. The highest BCUT2D eigenvalue weighted by Crippen LogP contribution is 2.23. The molecule has 0 bridgehead atoms. The highest BCUT2D eigenvalue weighted by Gasteiger charge is 2.13. The van der Waals surface area contributed by atoms with Gasteiger partial charge in [-0.05, 0) is 68.3 Å². The summed E-state index contributed by atoms with van der Waals surface area (Å²) in [6.45, 7) is 4.68. The largest absolute Gasteiger partial charge is 0.377 e. The summed E-state index contributed by atoms with van der Waals surface area (Å²) in [5.74, 6) is 0.882. The Labute approximate surface area is 118 Å². The van der Waals surface area contributed by atoms with Crippen molar-refractivity contribution in [1.29, 1.82) is 0 Å². The van der Waals surface area contributed by atoms with Crippen molar-refractivity contribution in [2.45, 2.75) is 39.0 Å². The molecule has 1 aromatic rings. The molecular weight excluding hydrogens is 232 g/mol. The van der Waals surface area contributed by atoms with Crippen LogP contribution in [0.3, 0.4) is 0 Å². The molecule has 1 unspecified atom stereocenters. The normalized spacial score (nSPS) is 19.4. The first-order chi connectivity index (χ1) is 9.20. The number of nitrogens with zero attached hydrogens (tertiary/aromatic N) is 1. The lowest BCUT2D eigenvalue weighted by atomic mass is 9.92. The smallest absolute Gasteiger partial charge is 0.0393 e. The van der Waals surface area contributed by atoms with Crippen LogP contribution in [0.15, 0.2) is 18.2 Å². The molecule has 0 aromatic heterocycles. The first-order valence-corrected chi connectivity index (χ1v) is 7.70. The summed E-state index contributed by atoms with van der Waals surface area (Å²) < 4.78 is 0. The quantitative estimate of drug-likeness (QED) is 0.874. The molecule has 2 heteroatoms. The Kier molecular flexibility index (Phi) is 5.26. The Hall–Kier alpha value is -1.02. The third-order valence-electron chi connectivity index (χ3n) is 4.25. The highest BCUT2D eigenvalue weighted by molar-refractivity contribution is 5.54. The molecule has 1 fully saturated rings. The molecule has 1 aliphatic rings. The lowest BCUT2D eigenvalue weighted by molar-refractivity contribution is 0.358. The molecule has 0 saturated carbocycles. The number of benzene rings is 1. The highest BCUT2D eigenvalue weighted by atomic mass is 15.1. The first-order valence-electron chi connectivity index (χ1n) is 7.70. The van der Waals surface area contributed by atoms with Gasteiger partial charge in [0, 0.05) is 19.8 Å². The number of anilines is 1. The third kappa shape index (κ3) is 3.97. The fourth-order valence-electron chi connectivity index (χ4n) is 3.06. The zero-order chi connectivity index (χ0) is 13.7. The Morgan fingerprint density at radius 2 is 2.16 bits per heavy atom. The maximum absolute atomic E-state index is 3.51. The van der Waals surface area contributed by atoms with Crippen molar-refractivity contribution in [3.05, 3.63) is 29.3 Å². The van der Waals surface area contributed by atoms with E-state index in [0.29, 0.717) is 0 Å². The second-order valence-electron chi connectivity index (χ2n) is 5.96. The Balaban J connectivity index is 1.96. The van der Waals surface area contributed by atoms with E-state index in [1.54, 1.807) is 0 Å². The van der Waals surface area contributed by atoms with Crippen molar-refractivity contribution < 1.29 is 0 Å². The standard InChI is InChI=1S/C17H28N2/c1-4-16-12-14(9-10-17(16)19(2)3)7-8-15-6-5-11-18-13-15/h9-10,12,15,18H,4-8,11,13H2,1-3H3. The topological polar surface area (TPSA) is 15.3 Å². The van der Waals surface area contributed by atoms with Gasteiger partial charge in [-0.1, -0.05) is 19.1 Å². The predicted molar refractivity (Wildman–Crippen MR) is 84.1 cm³/mol. The van der Waals surface area contributed by atoms with Crippen LogP contribution < -0.4 is 10.2 Å². The molecule has 0 radical (unpaired) electrons. The molecule has 2 nitrogen and oxygen atoms in total. The molecule has 1 saturated heterocycles. The molecular formula is C17H28N2. The van der Waals surface area contributed by atoms with Gasteiger partial charge in [0.1, 0.15) is 0 Å². The minimum absolute atomic E-state index is 0.882. The molecule has 106 valence electrons. The molecule has 1 aromatic carbocycles. The van der Waals surface area contributed by atoms with Gasteiger partial charge >= 0.3 is 0 Å². The van der Waals surface area contributed by atoms with E-state index >= 15 is 0 Å². The summed E-state index contributed by atoms with van der Waals surface area (Å²) in [6.07, 6.45) is 6.44. The van der Waals surface area contributed by atoms with Crippen LogP contribution in [0.1, 0.15) is 37.3 Å². The van der Waals surface area contributed by atoms with Gasteiger partial charge in [-0.2, -0.15) is 0 Å². The summed E-state index contributed by atoms with van der Waals surface area (Å²) in [6, 6.07) is 7.00. The minimum atomic E-state index is 0.882. The molecule has 1 aliphatic heterocycles. The lowest BCUT2D eigenvalue weighted by Crippen LogP contribution is -2.29. The van der Waals surface area contributed by atoms with E-state index in [4.69, 9.17) is 0 Å². The first kappa shape index (κ1) is 14.4.